The van der Waals surface area contributed by atoms with Crippen LogP contribution in [-0.2, 0) is 6.54 Å². The Hall–Kier alpha value is -3.60. The van der Waals surface area contributed by atoms with Gasteiger partial charge < -0.3 is 15.0 Å². The summed E-state index contributed by atoms with van der Waals surface area (Å²) in [5, 5.41) is 2.87. The minimum Gasteiger partial charge on any atom is -0.493 e. The molecule has 0 aliphatic heterocycles. The predicted molar refractivity (Wildman–Crippen MR) is 119 cm³/mol. The zero-order valence-electron chi connectivity index (χ0n) is 17.3. The summed E-state index contributed by atoms with van der Waals surface area (Å²) in [4.78, 5) is 27.2. The van der Waals surface area contributed by atoms with E-state index in [9.17, 15) is 9.59 Å². The number of amides is 2. The summed E-state index contributed by atoms with van der Waals surface area (Å²) >= 11 is 0. The molecule has 0 fully saturated rings. The first-order valence-corrected chi connectivity index (χ1v) is 10.0. The van der Waals surface area contributed by atoms with Gasteiger partial charge in [0.1, 0.15) is 5.75 Å². The number of hydrogen-bond acceptors (Lipinski definition) is 3. The van der Waals surface area contributed by atoms with E-state index >= 15 is 0 Å². The highest BCUT2D eigenvalue weighted by Crippen LogP contribution is 2.21. The zero-order chi connectivity index (χ0) is 21.3. The first-order chi connectivity index (χ1) is 14.6. The fourth-order valence-electron chi connectivity index (χ4n) is 3.07. The number of nitrogens with zero attached hydrogens (tertiary/aromatic N) is 1. The molecule has 0 saturated carbocycles. The van der Waals surface area contributed by atoms with E-state index in [2.05, 4.69) is 5.32 Å². The van der Waals surface area contributed by atoms with Gasteiger partial charge in [-0.3, -0.25) is 9.59 Å². The minimum atomic E-state index is -0.274. The highest BCUT2D eigenvalue weighted by molar-refractivity contribution is 6.06. The molecule has 0 radical (unpaired) electrons. The molecule has 0 atom stereocenters. The van der Waals surface area contributed by atoms with Crippen LogP contribution in [0, 0.1) is 0 Å². The monoisotopic (exact) mass is 402 g/mol. The normalized spacial score (nSPS) is 10.3. The van der Waals surface area contributed by atoms with Crippen LogP contribution in [0.4, 0.5) is 5.69 Å². The number of hydrogen-bond donors (Lipinski definition) is 1. The Balaban J connectivity index is 1.71. The Morgan fingerprint density at radius 2 is 1.67 bits per heavy atom. The maximum Gasteiger partial charge on any atom is 0.259 e. The van der Waals surface area contributed by atoms with Crippen LogP contribution < -0.4 is 10.1 Å². The number of benzene rings is 3. The Morgan fingerprint density at radius 1 is 0.933 bits per heavy atom. The molecule has 0 heterocycles. The van der Waals surface area contributed by atoms with Crippen molar-refractivity contribution in [2.45, 2.75) is 19.9 Å². The van der Waals surface area contributed by atoms with Crippen LogP contribution in [0.2, 0.25) is 0 Å². The van der Waals surface area contributed by atoms with Gasteiger partial charge in [-0.25, -0.2) is 0 Å². The van der Waals surface area contributed by atoms with Crippen molar-refractivity contribution in [1.29, 1.82) is 0 Å². The fourth-order valence-corrected chi connectivity index (χ4v) is 3.07. The predicted octanol–water partition coefficient (Wildman–Crippen LogP) is 5.00. The first kappa shape index (κ1) is 21.1. The second-order valence-corrected chi connectivity index (χ2v) is 7.03. The molecule has 3 aromatic carbocycles. The van der Waals surface area contributed by atoms with Crippen molar-refractivity contribution in [3.63, 3.8) is 0 Å². The lowest BCUT2D eigenvalue weighted by atomic mass is 10.1. The number of carbonyl (C=O) groups is 2. The van der Waals surface area contributed by atoms with Crippen molar-refractivity contribution < 1.29 is 14.3 Å². The number of carbonyl (C=O) groups excluding carboxylic acids is 2. The van der Waals surface area contributed by atoms with Crippen LogP contribution in [0.3, 0.4) is 0 Å². The third kappa shape index (κ3) is 5.47. The molecule has 0 aromatic heterocycles. The van der Waals surface area contributed by atoms with Crippen molar-refractivity contribution >= 4 is 17.5 Å². The van der Waals surface area contributed by atoms with Crippen LogP contribution in [0.15, 0.2) is 78.9 Å². The number of anilines is 1. The quantitative estimate of drug-likeness (QED) is 0.577. The number of rotatable bonds is 8. The molecule has 3 aromatic rings. The molecule has 0 aliphatic rings. The zero-order valence-corrected chi connectivity index (χ0v) is 17.3. The Kier molecular flexibility index (Phi) is 7.22. The van der Waals surface area contributed by atoms with E-state index in [-0.39, 0.29) is 11.8 Å². The molecule has 0 aliphatic carbocycles. The summed E-state index contributed by atoms with van der Waals surface area (Å²) in [6.07, 6.45) is 0.858. The van der Waals surface area contributed by atoms with Crippen molar-refractivity contribution in [2.24, 2.45) is 0 Å². The molecule has 0 bridgehead atoms. The van der Waals surface area contributed by atoms with E-state index in [1.165, 1.54) is 0 Å². The molecule has 3 rings (SSSR count). The second kappa shape index (κ2) is 10.3. The average Bonchev–Trinajstić information content (AvgIpc) is 2.78. The lowest BCUT2D eigenvalue weighted by Crippen LogP contribution is -2.26. The summed E-state index contributed by atoms with van der Waals surface area (Å²) < 4.78 is 5.67. The van der Waals surface area contributed by atoms with E-state index in [1.807, 2.05) is 43.3 Å². The highest BCUT2D eigenvalue weighted by atomic mass is 16.5. The SMILES string of the molecule is CCCOc1ccccc1C(=O)Nc1cccc(C(=O)N(C)Cc2ccccc2)c1. The van der Waals surface area contributed by atoms with Crippen LogP contribution in [0.25, 0.3) is 0 Å². The van der Waals surface area contributed by atoms with E-state index in [0.717, 1.165) is 12.0 Å². The van der Waals surface area contributed by atoms with Gasteiger partial charge in [0.2, 0.25) is 0 Å². The maximum atomic E-state index is 12.8. The minimum absolute atomic E-state index is 0.110. The summed E-state index contributed by atoms with van der Waals surface area (Å²) in [5.74, 6) is 0.164. The smallest absolute Gasteiger partial charge is 0.259 e. The van der Waals surface area contributed by atoms with Gasteiger partial charge in [0, 0.05) is 24.8 Å². The van der Waals surface area contributed by atoms with Crippen LogP contribution in [-0.4, -0.2) is 30.4 Å². The number of nitrogens with one attached hydrogen (secondary N) is 1. The fraction of sp³-hybridized carbons (Fsp3) is 0.200. The average molecular weight is 402 g/mol. The third-order valence-corrected chi connectivity index (χ3v) is 4.57. The maximum absolute atomic E-state index is 12.8. The van der Waals surface area contributed by atoms with E-state index in [4.69, 9.17) is 4.74 Å². The van der Waals surface area contributed by atoms with Crippen LogP contribution in [0.1, 0.15) is 39.6 Å². The van der Waals surface area contributed by atoms with E-state index in [1.54, 1.807) is 54.4 Å². The van der Waals surface area contributed by atoms with Gasteiger partial charge in [-0.1, -0.05) is 55.5 Å². The van der Waals surface area contributed by atoms with Gasteiger partial charge >= 0.3 is 0 Å². The van der Waals surface area contributed by atoms with Gasteiger partial charge in [-0.15, -0.1) is 0 Å². The van der Waals surface area contributed by atoms with Crippen LogP contribution >= 0.6 is 0 Å². The Bertz CT molecular complexity index is 1000. The third-order valence-electron chi connectivity index (χ3n) is 4.57. The number of ether oxygens (including phenoxy) is 1. The lowest BCUT2D eigenvalue weighted by molar-refractivity contribution is 0.0784. The lowest BCUT2D eigenvalue weighted by Gasteiger charge is -2.18. The molecule has 0 spiro atoms. The van der Waals surface area contributed by atoms with Gasteiger partial charge in [0.15, 0.2) is 0 Å². The topological polar surface area (TPSA) is 58.6 Å². The Labute approximate surface area is 177 Å². The second-order valence-electron chi connectivity index (χ2n) is 7.03. The van der Waals surface area contributed by atoms with Crippen molar-refractivity contribution in [3.05, 3.63) is 95.6 Å². The van der Waals surface area contributed by atoms with E-state index in [0.29, 0.717) is 35.7 Å². The molecule has 5 nitrogen and oxygen atoms in total. The number of para-hydroxylation sites is 1. The standard InChI is InChI=1S/C25H26N2O3/c1-3-16-30-23-15-8-7-14-22(23)24(28)26-21-13-9-12-20(17-21)25(29)27(2)18-19-10-5-4-6-11-19/h4-15,17H,3,16,18H2,1-2H3,(H,26,28). The molecule has 5 heteroatoms. The molecule has 0 saturated heterocycles. The largest absolute Gasteiger partial charge is 0.493 e. The Morgan fingerprint density at radius 3 is 2.43 bits per heavy atom. The molecule has 154 valence electrons. The van der Waals surface area contributed by atoms with Crippen molar-refractivity contribution in [3.8, 4) is 5.75 Å². The summed E-state index contributed by atoms with van der Waals surface area (Å²) in [6, 6.07) is 23.9. The van der Waals surface area contributed by atoms with E-state index < -0.39 is 0 Å². The summed E-state index contributed by atoms with van der Waals surface area (Å²) in [5.41, 5.74) is 2.59. The van der Waals surface area contributed by atoms with Crippen LogP contribution in [0.5, 0.6) is 5.75 Å². The van der Waals surface area contributed by atoms with Gasteiger partial charge in [0.25, 0.3) is 11.8 Å². The summed E-state index contributed by atoms with van der Waals surface area (Å²) in [6.45, 7) is 3.07. The van der Waals surface area contributed by atoms with Gasteiger partial charge in [-0.2, -0.15) is 0 Å². The highest BCUT2D eigenvalue weighted by Gasteiger charge is 2.15. The summed E-state index contributed by atoms with van der Waals surface area (Å²) in [7, 11) is 1.77. The van der Waals surface area contributed by atoms with Gasteiger partial charge in [0.05, 0.1) is 12.2 Å². The molecule has 30 heavy (non-hydrogen) atoms. The van der Waals surface area contributed by atoms with Crippen molar-refractivity contribution in [2.75, 3.05) is 19.0 Å². The molecular formula is C25H26N2O3. The molecule has 1 N–H and O–H groups in total. The first-order valence-electron chi connectivity index (χ1n) is 10.0. The van der Waals surface area contributed by atoms with Gasteiger partial charge in [-0.05, 0) is 42.3 Å². The molecular weight excluding hydrogens is 376 g/mol. The van der Waals surface area contributed by atoms with Crippen molar-refractivity contribution in [1.82, 2.24) is 4.90 Å². The molecule has 0 unspecified atom stereocenters. The molecule has 2 amide bonds.